The lowest BCUT2D eigenvalue weighted by Crippen LogP contribution is -2.34. The molecule has 6 heteroatoms. The Hall–Kier alpha value is -1.07. The quantitative estimate of drug-likeness (QED) is 0.862. The summed E-state index contributed by atoms with van der Waals surface area (Å²) in [5.41, 5.74) is 1.73. The minimum absolute atomic E-state index is 0.0289. The molecule has 1 N–H and O–H groups in total. The first-order valence-electron chi connectivity index (χ1n) is 6.00. The van der Waals surface area contributed by atoms with Crippen molar-refractivity contribution in [2.75, 3.05) is 6.54 Å². The van der Waals surface area contributed by atoms with Gasteiger partial charge in [-0.25, -0.2) is 0 Å². The minimum Gasteiger partial charge on any atom is -0.481 e. The van der Waals surface area contributed by atoms with E-state index in [-0.39, 0.29) is 12.5 Å². The van der Waals surface area contributed by atoms with Gasteiger partial charge in [0, 0.05) is 19.6 Å². The van der Waals surface area contributed by atoms with Crippen molar-refractivity contribution in [2.24, 2.45) is 7.05 Å². The summed E-state index contributed by atoms with van der Waals surface area (Å²) in [4.78, 5) is 12.8. The van der Waals surface area contributed by atoms with Crippen molar-refractivity contribution < 1.29 is 9.90 Å². The zero-order valence-electron chi connectivity index (χ0n) is 11.3. The predicted octanol–water partition coefficient (Wildman–Crippen LogP) is 2.07. The van der Waals surface area contributed by atoms with Crippen LogP contribution < -0.4 is 0 Å². The van der Waals surface area contributed by atoms with Crippen molar-refractivity contribution in [3.63, 3.8) is 0 Å². The third kappa shape index (κ3) is 3.46. The van der Waals surface area contributed by atoms with Gasteiger partial charge >= 0.3 is 5.97 Å². The van der Waals surface area contributed by atoms with Crippen LogP contribution >= 0.6 is 11.6 Å². The van der Waals surface area contributed by atoms with Crippen LogP contribution in [0.4, 0.5) is 0 Å². The molecule has 18 heavy (non-hydrogen) atoms. The molecule has 1 aromatic rings. The lowest BCUT2D eigenvalue weighted by molar-refractivity contribution is -0.138. The van der Waals surface area contributed by atoms with E-state index in [4.69, 9.17) is 16.7 Å². The average Bonchev–Trinajstić information content (AvgIpc) is 2.50. The van der Waals surface area contributed by atoms with E-state index >= 15 is 0 Å². The normalized spacial score (nSPS) is 13.0. The molecule has 102 valence electrons. The first kappa shape index (κ1) is 15.0. The summed E-state index contributed by atoms with van der Waals surface area (Å²) in [7, 11) is 1.85. The Morgan fingerprint density at radius 3 is 2.61 bits per heavy atom. The number of carboxylic acids is 1. The largest absolute Gasteiger partial charge is 0.481 e. The fourth-order valence-electron chi connectivity index (χ4n) is 2.01. The molecule has 0 saturated heterocycles. The smallest absolute Gasteiger partial charge is 0.304 e. The summed E-state index contributed by atoms with van der Waals surface area (Å²) in [5.74, 6) is -0.784. The van der Waals surface area contributed by atoms with E-state index in [0.717, 1.165) is 17.9 Å². The number of rotatable bonds is 6. The molecule has 1 aromatic heterocycles. The van der Waals surface area contributed by atoms with Crippen LogP contribution in [0.1, 0.15) is 31.7 Å². The van der Waals surface area contributed by atoms with Crippen molar-refractivity contribution in [2.45, 2.75) is 39.8 Å². The number of carboxylic acid groups (broad SMARTS) is 1. The Bertz CT molecular complexity index is 431. The molecule has 1 atom stereocenters. The molecule has 1 unspecified atom stereocenters. The van der Waals surface area contributed by atoms with Gasteiger partial charge < -0.3 is 5.11 Å². The number of halogens is 1. The van der Waals surface area contributed by atoms with Crippen molar-refractivity contribution in [1.82, 2.24) is 14.7 Å². The molecule has 0 bridgehead atoms. The molecule has 0 fully saturated rings. The average molecular weight is 274 g/mol. The van der Waals surface area contributed by atoms with Crippen LogP contribution in [0.2, 0.25) is 5.02 Å². The van der Waals surface area contributed by atoms with Crippen LogP contribution in [-0.2, 0) is 18.4 Å². The van der Waals surface area contributed by atoms with Gasteiger partial charge in [-0.3, -0.25) is 14.4 Å². The summed E-state index contributed by atoms with van der Waals surface area (Å²) in [6.07, 6.45) is 0.127. The number of carbonyl (C=O) groups is 1. The van der Waals surface area contributed by atoms with E-state index in [2.05, 4.69) is 10.00 Å². The standard InChI is InChI=1S/C12H20ClN3O2/c1-5-16(8(2)6-11(17)18)7-10-12(13)9(3)14-15(10)4/h8H,5-7H2,1-4H3,(H,17,18). The number of aromatic nitrogens is 2. The predicted molar refractivity (Wildman–Crippen MR) is 70.8 cm³/mol. The summed E-state index contributed by atoms with van der Waals surface area (Å²) in [5, 5.41) is 13.8. The molecule has 0 aliphatic carbocycles. The van der Waals surface area contributed by atoms with E-state index in [1.54, 1.807) is 4.68 Å². The summed E-state index contributed by atoms with van der Waals surface area (Å²) >= 11 is 6.20. The van der Waals surface area contributed by atoms with E-state index in [9.17, 15) is 4.79 Å². The molecular formula is C12H20ClN3O2. The summed E-state index contributed by atoms with van der Waals surface area (Å²) in [6, 6.07) is -0.0289. The molecule has 0 amide bonds. The monoisotopic (exact) mass is 273 g/mol. The lowest BCUT2D eigenvalue weighted by atomic mass is 10.2. The number of hydrogen-bond acceptors (Lipinski definition) is 3. The van der Waals surface area contributed by atoms with E-state index < -0.39 is 5.97 Å². The maximum atomic E-state index is 10.8. The van der Waals surface area contributed by atoms with Gasteiger partial charge in [0.1, 0.15) is 0 Å². The zero-order valence-corrected chi connectivity index (χ0v) is 12.0. The van der Waals surface area contributed by atoms with E-state index in [1.165, 1.54) is 0 Å². The first-order chi connectivity index (χ1) is 8.36. The molecule has 1 heterocycles. The van der Waals surface area contributed by atoms with Crippen LogP contribution in [0.5, 0.6) is 0 Å². The Morgan fingerprint density at radius 1 is 1.61 bits per heavy atom. The number of nitrogens with zero attached hydrogens (tertiary/aromatic N) is 3. The Labute approximate surface area is 112 Å². The van der Waals surface area contributed by atoms with Crippen LogP contribution in [0.25, 0.3) is 0 Å². The first-order valence-corrected chi connectivity index (χ1v) is 6.38. The highest BCUT2D eigenvalue weighted by atomic mass is 35.5. The Morgan fingerprint density at radius 2 is 2.22 bits per heavy atom. The van der Waals surface area contributed by atoms with E-state index in [1.807, 2.05) is 27.8 Å². The second kappa shape index (κ2) is 6.20. The SMILES string of the molecule is CCN(Cc1c(Cl)c(C)nn1C)C(C)CC(=O)O. The highest BCUT2D eigenvalue weighted by molar-refractivity contribution is 6.31. The maximum Gasteiger partial charge on any atom is 0.304 e. The highest BCUT2D eigenvalue weighted by Gasteiger charge is 2.19. The molecule has 0 aromatic carbocycles. The fraction of sp³-hybridized carbons (Fsp3) is 0.667. The van der Waals surface area contributed by atoms with E-state index in [0.29, 0.717) is 11.6 Å². The third-order valence-corrected chi connectivity index (χ3v) is 3.61. The number of aliphatic carboxylic acids is 1. The molecular weight excluding hydrogens is 254 g/mol. The maximum absolute atomic E-state index is 10.8. The van der Waals surface area contributed by atoms with Crippen LogP contribution in [0, 0.1) is 6.92 Å². The van der Waals surface area contributed by atoms with Crippen molar-refractivity contribution in [1.29, 1.82) is 0 Å². The molecule has 5 nitrogen and oxygen atoms in total. The molecule has 0 saturated carbocycles. The van der Waals surface area contributed by atoms with Crippen LogP contribution in [0.15, 0.2) is 0 Å². The van der Waals surface area contributed by atoms with Gasteiger partial charge in [-0.05, 0) is 20.4 Å². The van der Waals surface area contributed by atoms with Crippen LogP contribution in [0.3, 0.4) is 0 Å². The van der Waals surface area contributed by atoms with Gasteiger partial charge in [0.25, 0.3) is 0 Å². The zero-order chi connectivity index (χ0) is 13.9. The topological polar surface area (TPSA) is 58.4 Å². The highest BCUT2D eigenvalue weighted by Crippen LogP contribution is 2.22. The van der Waals surface area contributed by atoms with Gasteiger partial charge in [-0.2, -0.15) is 5.10 Å². The fourth-order valence-corrected chi connectivity index (χ4v) is 2.23. The summed E-state index contributed by atoms with van der Waals surface area (Å²) in [6.45, 7) is 7.17. The van der Waals surface area contributed by atoms with Gasteiger partial charge in [-0.1, -0.05) is 18.5 Å². The van der Waals surface area contributed by atoms with Gasteiger partial charge in [0.15, 0.2) is 0 Å². The second-order valence-electron chi connectivity index (χ2n) is 4.48. The van der Waals surface area contributed by atoms with Gasteiger partial charge in [0.2, 0.25) is 0 Å². The number of hydrogen-bond donors (Lipinski definition) is 1. The summed E-state index contributed by atoms with van der Waals surface area (Å²) < 4.78 is 1.76. The van der Waals surface area contributed by atoms with Crippen LogP contribution in [-0.4, -0.2) is 38.3 Å². The minimum atomic E-state index is -0.784. The molecule has 0 aliphatic heterocycles. The Balaban J connectivity index is 2.82. The molecule has 0 spiro atoms. The van der Waals surface area contributed by atoms with Gasteiger partial charge in [-0.15, -0.1) is 0 Å². The van der Waals surface area contributed by atoms with Crippen molar-refractivity contribution >= 4 is 17.6 Å². The van der Waals surface area contributed by atoms with Crippen molar-refractivity contribution in [3.8, 4) is 0 Å². The lowest BCUT2D eigenvalue weighted by Gasteiger charge is -2.26. The van der Waals surface area contributed by atoms with Crippen molar-refractivity contribution in [3.05, 3.63) is 16.4 Å². The molecule has 0 radical (unpaired) electrons. The third-order valence-electron chi connectivity index (χ3n) is 3.11. The van der Waals surface area contributed by atoms with Gasteiger partial charge in [0.05, 0.1) is 22.8 Å². The number of aryl methyl sites for hydroxylation is 2. The Kier molecular flexibility index (Phi) is 5.16. The molecule has 0 aliphatic rings. The second-order valence-corrected chi connectivity index (χ2v) is 4.86. The molecule has 1 rings (SSSR count).